The van der Waals surface area contributed by atoms with Gasteiger partial charge in [0.2, 0.25) is 0 Å². The van der Waals surface area contributed by atoms with Crippen LogP contribution in [0.1, 0.15) is 54.8 Å². The number of halogens is 6. The quantitative estimate of drug-likeness (QED) is 0.109. The van der Waals surface area contributed by atoms with Gasteiger partial charge in [-0.2, -0.15) is 5.01 Å². The van der Waals surface area contributed by atoms with E-state index in [2.05, 4.69) is 63.7 Å². The zero-order valence-corrected chi connectivity index (χ0v) is 26.6. The van der Waals surface area contributed by atoms with Crippen LogP contribution in [0.4, 0.5) is 0 Å². The van der Waals surface area contributed by atoms with Gasteiger partial charge in [-0.3, -0.25) is 19.2 Å². The van der Waals surface area contributed by atoms with Crippen molar-refractivity contribution in [1.29, 1.82) is 0 Å². The number of amides is 3. The summed E-state index contributed by atoms with van der Waals surface area (Å²) in [4.78, 5) is 55.2. The molecule has 0 N–H and O–H groups in total. The fourth-order valence-electron chi connectivity index (χ4n) is 3.96. The molecule has 0 saturated heterocycles. The van der Waals surface area contributed by atoms with Gasteiger partial charge in [-0.15, -0.1) is 0 Å². The number of Topliss-reactive ketones (excluding diaryl/α,β-unsaturated/α-hetero) is 1. The van der Waals surface area contributed by atoms with Crippen molar-refractivity contribution in [1.82, 2.24) is 10.0 Å². The first-order chi connectivity index (χ1) is 17.5. The highest BCUT2D eigenvalue weighted by atomic mass is 79.9. The molecule has 3 amide bonds. The number of nitrogens with zero attached hydrogens (tertiary/aromatic N) is 2. The van der Waals surface area contributed by atoms with Gasteiger partial charge in [0.1, 0.15) is 6.04 Å². The lowest BCUT2D eigenvalue weighted by Crippen LogP contribution is -2.57. The van der Waals surface area contributed by atoms with Crippen LogP contribution in [-0.2, 0) is 0 Å². The molecule has 0 bridgehead atoms. The van der Waals surface area contributed by atoms with Crippen LogP contribution in [0, 0.1) is 0 Å². The van der Waals surface area contributed by atoms with Crippen molar-refractivity contribution in [3.05, 3.63) is 98.7 Å². The summed E-state index contributed by atoms with van der Waals surface area (Å²) >= 11 is 25.9. The maximum atomic E-state index is 14.0. The summed E-state index contributed by atoms with van der Waals surface area (Å²) in [6.45, 7) is 1.69. The van der Waals surface area contributed by atoms with Crippen molar-refractivity contribution in [2.24, 2.45) is 0 Å². The van der Waals surface area contributed by atoms with Gasteiger partial charge in [0.25, 0.3) is 17.7 Å². The van der Waals surface area contributed by atoms with E-state index >= 15 is 0 Å². The molecule has 3 aromatic carbocycles. The number of imide groups is 1. The molecule has 190 valence electrons. The number of hydrogen-bond donors (Lipinski definition) is 0. The van der Waals surface area contributed by atoms with Gasteiger partial charge in [-0.05, 0) is 88.3 Å². The highest BCUT2D eigenvalue weighted by Gasteiger charge is 2.48. The minimum Gasteiger partial charge on any atom is -0.292 e. The van der Waals surface area contributed by atoms with Crippen molar-refractivity contribution >= 4 is 110 Å². The Morgan fingerprint density at radius 3 is 1.89 bits per heavy atom. The molecule has 0 fully saturated rings. The summed E-state index contributed by atoms with van der Waals surface area (Å²) < 4.78 is 1.62. The van der Waals surface area contributed by atoms with Crippen LogP contribution >= 0.6 is 86.9 Å². The van der Waals surface area contributed by atoms with E-state index in [4.69, 9.17) is 23.2 Å². The highest BCUT2D eigenvalue weighted by molar-refractivity contribution is 9.15. The maximum absolute atomic E-state index is 14.0. The largest absolute Gasteiger partial charge is 0.292 e. The predicted molar refractivity (Wildman–Crippen MR) is 155 cm³/mol. The lowest BCUT2D eigenvalue weighted by molar-refractivity contribution is -0.00975. The number of hydrazine groups is 1. The Bertz CT molecular complexity index is 1440. The van der Waals surface area contributed by atoms with Crippen molar-refractivity contribution < 1.29 is 19.2 Å². The van der Waals surface area contributed by atoms with E-state index in [-0.39, 0.29) is 28.1 Å². The van der Waals surface area contributed by atoms with Crippen molar-refractivity contribution in [2.45, 2.75) is 19.4 Å². The summed E-state index contributed by atoms with van der Waals surface area (Å²) in [5.41, 5.74) is 0.365. The van der Waals surface area contributed by atoms with E-state index in [1.807, 2.05) is 0 Å². The first-order valence-corrected chi connectivity index (χ1v) is 14.6. The van der Waals surface area contributed by atoms with Crippen LogP contribution < -0.4 is 0 Å². The number of hydrogen-bond acceptors (Lipinski definition) is 4. The van der Waals surface area contributed by atoms with Crippen LogP contribution in [0.25, 0.3) is 0 Å². The van der Waals surface area contributed by atoms with Gasteiger partial charge in [0.15, 0.2) is 5.78 Å². The third-order valence-electron chi connectivity index (χ3n) is 5.71. The third-order valence-corrected chi connectivity index (χ3v) is 11.0. The first-order valence-electron chi connectivity index (χ1n) is 10.6. The average Bonchev–Trinajstić information content (AvgIpc) is 3.14. The normalized spacial score (nSPS) is 13.5. The lowest BCUT2D eigenvalue weighted by atomic mass is 10.0. The van der Waals surface area contributed by atoms with Crippen LogP contribution in [0.3, 0.4) is 0 Å². The van der Waals surface area contributed by atoms with Crippen molar-refractivity contribution in [3.8, 4) is 0 Å². The molecule has 37 heavy (non-hydrogen) atoms. The zero-order valence-electron chi connectivity index (χ0n) is 18.7. The zero-order chi connectivity index (χ0) is 27.2. The lowest BCUT2D eigenvalue weighted by Gasteiger charge is -2.35. The SMILES string of the molecule is CC[C@H](C(=O)c1ccccc1)N(C(=O)c1ccc(Cl)cc1Cl)N1C(=O)c2c(Br)c(Br)c(Br)c(Br)c2C1=O. The number of rotatable bonds is 6. The molecule has 0 aliphatic carbocycles. The van der Waals surface area contributed by atoms with Gasteiger partial charge < -0.3 is 0 Å². The average molecular weight is 797 g/mol. The smallest absolute Gasteiger partial charge is 0.282 e. The van der Waals surface area contributed by atoms with Gasteiger partial charge in [-0.1, -0.05) is 60.5 Å². The number of ketones is 1. The Labute approximate surface area is 255 Å². The molecular formula is C25H14Br4Cl2N2O4. The maximum Gasteiger partial charge on any atom is 0.282 e. The number of carbonyl (C=O) groups is 4. The highest BCUT2D eigenvalue weighted by Crippen LogP contribution is 2.46. The molecule has 3 aromatic rings. The molecule has 0 unspecified atom stereocenters. The van der Waals surface area contributed by atoms with Gasteiger partial charge in [0, 0.05) is 28.5 Å². The summed E-state index contributed by atoms with van der Waals surface area (Å²) in [6, 6.07) is 11.4. The van der Waals surface area contributed by atoms with Gasteiger partial charge >= 0.3 is 0 Å². The second-order valence-electron chi connectivity index (χ2n) is 7.86. The Balaban J connectivity index is 1.93. The molecule has 0 radical (unpaired) electrons. The Morgan fingerprint density at radius 2 is 1.41 bits per heavy atom. The molecular weight excluding hydrogens is 783 g/mol. The van der Waals surface area contributed by atoms with E-state index < -0.39 is 29.5 Å². The summed E-state index contributed by atoms with van der Waals surface area (Å²) in [6.07, 6.45) is 0.105. The Kier molecular flexibility index (Phi) is 8.67. The number of fused-ring (bicyclic) bond motifs is 1. The van der Waals surface area contributed by atoms with E-state index in [0.29, 0.717) is 33.5 Å². The predicted octanol–water partition coefficient (Wildman–Crippen LogP) is 8.36. The van der Waals surface area contributed by atoms with Crippen molar-refractivity contribution in [3.63, 3.8) is 0 Å². The van der Waals surface area contributed by atoms with Crippen LogP contribution in [-0.4, -0.2) is 39.6 Å². The van der Waals surface area contributed by atoms with E-state index in [0.717, 1.165) is 5.01 Å². The molecule has 1 aliphatic heterocycles. The van der Waals surface area contributed by atoms with Crippen molar-refractivity contribution in [2.75, 3.05) is 0 Å². The minimum absolute atomic E-state index is 0.00831. The molecule has 1 aliphatic rings. The molecule has 0 aromatic heterocycles. The number of carbonyl (C=O) groups excluding carboxylic acids is 4. The fraction of sp³-hybridized carbons (Fsp3) is 0.120. The van der Waals surface area contributed by atoms with E-state index in [1.165, 1.54) is 18.2 Å². The fourth-order valence-corrected chi connectivity index (χ4v) is 6.90. The number of benzene rings is 3. The molecule has 0 spiro atoms. The van der Waals surface area contributed by atoms with E-state index in [1.54, 1.807) is 37.3 Å². The molecule has 1 heterocycles. The monoisotopic (exact) mass is 792 g/mol. The van der Waals surface area contributed by atoms with Crippen LogP contribution in [0.2, 0.25) is 10.0 Å². The standard InChI is InChI=1S/C25H14Br4Cl2N2O4/c1-2-15(22(34)11-6-4-3-5-7-11)32(23(35)13-9-8-12(30)10-14(13)31)33-24(36)16-17(25(33)37)19(27)21(29)20(28)18(16)26/h3-10,15H,2H2,1H3/t15-/m1/s1. The summed E-state index contributed by atoms with van der Waals surface area (Å²) in [7, 11) is 0. The molecule has 12 heteroatoms. The third kappa shape index (κ3) is 4.96. The molecule has 1 atom stereocenters. The van der Waals surface area contributed by atoms with Gasteiger partial charge in [-0.25, -0.2) is 5.01 Å². The van der Waals surface area contributed by atoms with Crippen LogP contribution in [0.15, 0.2) is 66.4 Å². The molecule has 4 rings (SSSR count). The second-order valence-corrected chi connectivity index (χ2v) is 11.9. The van der Waals surface area contributed by atoms with E-state index in [9.17, 15) is 19.2 Å². The Morgan fingerprint density at radius 1 is 0.865 bits per heavy atom. The summed E-state index contributed by atoms with van der Waals surface area (Å²) in [5.74, 6) is -2.81. The molecule has 6 nitrogen and oxygen atoms in total. The summed E-state index contributed by atoms with van der Waals surface area (Å²) in [5, 5.41) is 1.91. The molecule has 0 saturated carbocycles. The van der Waals surface area contributed by atoms with Crippen LogP contribution in [0.5, 0.6) is 0 Å². The topological polar surface area (TPSA) is 74.8 Å². The first kappa shape index (κ1) is 28.4. The van der Waals surface area contributed by atoms with Gasteiger partial charge in [0.05, 0.1) is 21.7 Å². The Hall–Kier alpha value is -1.56. The second kappa shape index (κ2) is 11.3. The minimum atomic E-state index is -1.20.